The molecule has 4 nitrogen and oxygen atoms in total. The Morgan fingerprint density at radius 3 is 2.19 bits per heavy atom. The summed E-state index contributed by atoms with van der Waals surface area (Å²) in [5.74, 6) is 0.867. The van der Waals surface area contributed by atoms with E-state index in [9.17, 15) is 5.11 Å². The van der Waals surface area contributed by atoms with Crippen LogP contribution in [0.25, 0.3) is 0 Å². The normalized spacial score (nSPS) is 27.6. The molecule has 0 radical (unpaired) electrons. The molecule has 2 saturated heterocycles. The minimum Gasteiger partial charge on any atom is -0.390 e. The maximum Gasteiger partial charge on any atom is 0.0793 e. The Morgan fingerprint density at radius 2 is 1.57 bits per heavy atom. The number of hydrogen-bond donors (Lipinski definition) is 1. The molecule has 2 aliphatic rings. The van der Waals surface area contributed by atoms with Gasteiger partial charge in [0.15, 0.2) is 0 Å². The van der Waals surface area contributed by atoms with Crippen LogP contribution in [0.2, 0.25) is 0 Å². The standard InChI is InChI=1S/C17H35N3O/c1-4-20(5-2)16-8-11-19(12-16)14-17(21)13-18-9-6-15(3)7-10-18/h15-17,21H,4-14H2,1-3H3. The Bertz CT molecular complexity index is 288. The fourth-order valence-corrected chi connectivity index (χ4v) is 3.91. The topological polar surface area (TPSA) is 30.0 Å². The number of piperidine rings is 1. The maximum atomic E-state index is 10.4. The zero-order valence-corrected chi connectivity index (χ0v) is 14.3. The van der Waals surface area contributed by atoms with Crippen LogP contribution in [0, 0.1) is 5.92 Å². The van der Waals surface area contributed by atoms with Crippen molar-refractivity contribution in [2.45, 2.75) is 52.2 Å². The van der Waals surface area contributed by atoms with E-state index in [1.807, 2.05) is 0 Å². The highest BCUT2D eigenvalue weighted by atomic mass is 16.3. The highest BCUT2D eigenvalue weighted by molar-refractivity contribution is 4.84. The van der Waals surface area contributed by atoms with Crippen molar-refractivity contribution in [3.8, 4) is 0 Å². The molecule has 0 aromatic heterocycles. The number of likely N-dealkylation sites (tertiary alicyclic amines) is 2. The molecule has 0 aromatic rings. The van der Waals surface area contributed by atoms with Gasteiger partial charge in [-0.25, -0.2) is 0 Å². The number of aliphatic hydroxyl groups is 1. The smallest absolute Gasteiger partial charge is 0.0793 e. The van der Waals surface area contributed by atoms with Gasteiger partial charge in [-0.3, -0.25) is 9.80 Å². The summed E-state index contributed by atoms with van der Waals surface area (Å²) in [6, 6.07) is 0.697. The van der Waals surface area contributed by atoms with Crippen LogP contribution in [0.4, 0.5) is 0 Å². The van der Waals surface area contributed by atoms with Crippen LogP contribution in [0.5, 0.6) is 0 Å². The summed E-state index contributed by atoms with van der Waals surface area (Å²) in [7, 11) is 0. The second-order valence-electron chi connectivity index (χ2n) is 7.06. The molecule has 2 rings (SSSR count). The first-order valence-corrected chi connectivity index (χ1v) is 8.99. The Labute approximate surface area is 131 Å². The summed E-state index contributed by atoms with van der Waals surface area (Å²) in [6.07, 6.45) is 3.66. The van der Waals surface area contributed by atoms with Gasteiger partial charge in [-0.15, -0.1) is 0 Å². The molecule has 0 saturated carbocycles. The zero-order chi connectivity index (χ0) is 15.2. The minimum atomic E-state index is -0.186. The molecule has 0 bridgehead atoms. The van der Waals surface area contributed by atoms with Crippen molar-refractivity contribution < 1.29 is 5.11 Å². The molecular formula is C17H35N3O. The number of likely N-dealkylation sites (N-methyl/N-ethyl adjacent to an activating group) is 1. The van der Waals surface area contributed by atoms with Crippen molar-refractivity contribution in [1.82, 2.24) is 14.7 Å². The average molecular weight is 297 g/mol. The van der Waals surface area contributed by atoms with Gasteiger partial charge in [0, 0.05) is 25.7 Å². The summed E-state index contributed by atoms with van der Waals surface area (Å²) in [5.41, 5.74) is 0. The lowest BCUT2D eigenvalue weighted by Gasteiger charge is -2.32. The van der Waals surface area contributed by atoms with E-state index in [-0.39, 0.29) is 6.10 Å². The molecule has 1 N–H and O–H groups in total. The quantitative estimate of drug-likeness (QED) is 0.771. The van der Waals surface area contributed by atoms with E-state index >= 15 is 0 Å². The maximum absolute atomic E-state index is 10.4. The molecule has 2 unspecified atom stereocenters. The first-order valence-electron chi connectivity index (χ1n) is 8.99. The van der Waals surface area contributed by atoms with Gasteiger partial charge in [-0.2, -0.15) is 0 Å². The zero-order valence-electron chi connectivity index (χ0n) is 14.3. The van der Waals surface area contributed by atoms with Crippen molar-refractivity contribution in [2.24, 2.45) is 5.92 Å². The molecule has 0 amide bonds. The lowest BCUT2D eigenvalue weighted by atomic mass is 9.99. The number of hydrogen-bond acceptors (Lipinski definition) is 4. The minimum absolute atomic E-state index is 0.186. The van der Waals surface area contributed by atoms with Crippen LogP contribution >= 0.6 is 0 Å². The fraction of sp³-hybridized carbons (Fsp3) is 1.00. The van der Waals surface area contributed by atoms with Crippen molar-refractivity contribution in [2.75, 3.05) is 52.4 Å². The van der Waals surface area contributed by atoms with Crippen LogP contribution in [0.1, 0.15) is 40.0 Å². The molecule has 2 aliphatic heterocycles. The van der Waals surface area contributed by atoms with Crippen LogP contribution in [0.3, 0.4) is 0 Å². The van der Waals surface area contributed by atoms with Gasteiger partial charge in [0.05, 0.1) is 6.10 Å². The first-order chi connectivity index (χ1) is 10.1. The third-order valence-corrected chi connectivity index (χ3v) is 5.39. The summed E-state index contributed by atoms with van der Waals surface area (Å²) >= 11 is 0. The van der Waals surface area contributed by atoms with E-state index in [4.69, 9.17) is 0 Å². The highest BCUT2D eigenvalue weighted by Crippen LogP contribution is 2.18. The molecule has 2 heterocycles. The van der Waals surface area contributed by atoms with E-state index in [0.29, 0.717) is 6.04 Å². The first kappa shape index (κ1) is 17.2. The van der Waals surface area contributed by atoms with Crippen LogP contribution in [0.15, 0.2) is 0 Å². The largest absolute Gasteiger partial charge is 0.390 e. The van der Waals surface area contributed by atoms with E-state index in [1.165, 1.54) is 32.4 Å². The van der Waals surface area contributed by atoms with Crippen LogP contribution in [-0.4, -0.2) is 84.3 Å². The van der Waals surface area contributed by atoms with E-state index in [1.54, 1.807) is 0 Å². The molecule has 4 heteroatoms. The van der Waals surface area contributed by atoms with E-state index in [0.717, 1.165) is 45.2 Å². The molecular weight excluding hydrogens is 262 g/mol. The number of nitrogens with zero attached hydrogens (tertiary/aromatic N) is 3. The van der Waals surface area contributed by atoms with Crippen LogP contribution < -0.4 is 0 Å². The van der Waals surface area contributed by atoms with Crippen LogP contribution in [-0.2, 0) is 0 Å². The van der Waals surface area contributed by atoms with E-state index < -0.39 is 0 Å². The lowest BCUT2D eigenvalue weighted by molar-refractivity contribution is 0.0652. The number of rotatable bonds is 7. The summed E-state index contributed by atoms with van der Waals surface area (Å²) in [4.78, 5) is 7.46. The molecule has 2 fully saturated rings. The van der Waals surface area contributed by atoms with Gasteiger partial charge < -0.3 is 10.0 Å². The van der Waals surface area contributed by atoms with Gasteiger partial charge in [0.25, 0.3) is 0 Å². The predicted octanol–water partition coefficient (Wildman–Crippen LogP) is 1.50. The molecule has 0 aliphatic carbocycles. The van der Waals surface area contributed by atoms with Crippen molar-refractivity contribution in [1.29, 1.82) is 0 Å². The van der Waals surface area contributed by atoms with Gasteiger partial charge >= 0.3 is 0 Å². The van der Waals surface area contributed by atoms with Crippen molar-refractivity contribution in [3.05, 3.63) is 0 Å². The monoisotopic (exact) mass is 297 g/mol. The number of β-amino-alcohol motifs (C(OH)–C–C–N with tert-alkyl or cyclic N) is 1. The molecule has 21 heavy (non-hydrogen) atoms. The SMILES string of the molecule is CCN(CC)C1CCN(CC(O)CN2CCC(C)CC2)C1. The molecule has 0 aromatic carbocycles. The van der Waals surface area contributed by atoms with Crippen molar-refractivity contribution >= 4 is 0 Å². The Balaban J connectivity index is 1.68. The predicted molar refractivity (Wildman–Crippen MR) is 88.6 cm³/mol. The highest BCUT2D eigenvalue weighted by Gasteiger charge is 2.28. The third kappa shape index (κ3) is 5.20. The summed E-state index contributed by atoms with van der Waals surface area (Å²) < 4.78 is 0. The van der Waals surface area contributed by atoms with Gasteiger partial charge in [0.2, 0.25) is 0 Å². The number of aliphatic hydroxyl groups excluding tert-OH is 1. The second kappa shape index (κ2) is 8.47. The van der Waals surface area contributed by atoms with Gasteiger partial charge in [0.1, 0.15) is 0 Å². The lowest BCUT2D eigenvalue weighted by Crippen LogP contribution is -2.43. The average Bonchev–Trinajstić information content (AvgIpc) is 2.91. The summed E-state index contributed by atoms with van der Waals surface area (Å²) in [6.45, 7) is 15.4. The van der Waals surface area contributed by atoms with Gasteiger partial charge in [-0.05, 0) is 57.9 Å². The Morgan fingerprint density at radius 1 is 1.00 bits per heavy atom. The fourth-order valence-electron chi connectivity index (χ4n) is 3.91. The third-order valence-electron chi connectivity index (χ3n) is 5.39. The molecule has 0 spiro atoms. The summed E-state index contributed by atoms with van der Waals surface area (Å²) in [5, 5.41) is 10.4. The second-order valence-corrected chi connectivity index (χ2v) is 7.06. The Hall–Kier alpha value is -0.160. The Kier molecular flexibility index (Phi) is 6.93. The van der Waals surface area contributed by atoms with Gasteiger partial charge in [-0.1, -0.05) is 20.8 Å². The molecule has 124 valence electrons. The molecule has 2 atom stereocenters. The van der Waals surface area contributed by atoms with Crippen molar-refractivity contribution in [3.63, 3.8) is 0 Å². The van der Waals surface area contributed by atoms with E-state index in [2.05, 4.69) is 35.5 Å².